The molecule has 1 unspecified atom stereocenters. The van der Waals surface area contributed by atoms with E-state index in [1.54, 1.807) is 0 Å². The van der Waals surface area contributed by atoms with Crippen molar-refractivity contribution in [3.8, 4) is 0 Å². The van der Waals surface area contributed by atoms with Crippen LogP contribution in [0.2, 0.25) is 0 Å². The summed E-state index contributed by atoms with van der Waals surface area (Å²) in [6.07, 6.45) is 10.4. The van der Waals surface area contributed by atoms with Crippen LogP contribution in [-0.2, 0) is 19.1 Å². The van der Waals surface area contributed by atoms with E-state index in [1.165, 1.54) is 12.7 Å². The fraction of sp³-hybridized carbons (Fsp3) is 0.844. The monoisotopic (exact) mass is 496 g/mol. The van der Waals surface area contributed by atoms with Gasteiger partial charge in [-0.1, -0.05) is 54.0 Å². The molecule has 200 valence electrons. The van der Waals surface area contributed by atoms with Gasteiger partial charge in [-0.3, -0.25) is 14.4 Å². The molecule has 0 spiro atoms. The maximum atomic E-state index is 14.3. The number of esters is 1. The Hall–Kier alpha value is -1.45. The molecular weight excluding hydrogens is 448 g/mol. The summed E-state index contributed by atoms with van der Waals surface area (Å²) in [6.45, 7) is 16.1. The molecule has 0 amide bonds. The topological polar surface area (TPSA) is 60.4 Å². The highest BCUT2D eigenvalue weighted by Crippen LogP contribution is 2.74. The predicted octanol–water partition coefficient (Wildman–Crippen LogP) is 6.96. The van der Waals surface area contributed by atoms with Crippen molar-refractivity contribution in [1.29, 1.82) is 0 Å². The molecule has 36 heavy (non-hydrogen) atoms. The van der Waals surface area contributed by atoms with Crippen LogP contribution in [0.5, 0.6) is 0 Å². The first-order chi connectivity index (χ1) is 16.7. The van der Waals surface area contributed by atoms with Crippen molar-refractivity contribution in [2.75, 3.05) is 7.11 Å². The lowest BCUT2D eigenvalue weighted by atomic mass is 9.34. The number of ether oxygens (including phenoxy) is 1. The third-order valence-corrected chi connectivity index (χ3v) is 13.0. The van der Waals surface area contributed by atoms with Crippen molar-refractivity contribution in [2.24, 2.45) is 56.7 Å². The summed E-state index contributed by atoms with van der Waals surface area (Å²) in [5.74, 6) is 1.22. The summed E-state index contributed by atoms with van der Waals surface area (Å²) in [7, 11) is 1.51. The summed E-state index contributed by atoms with van der Waals surface area (Å²) in [4.78, 5) is 40.3. The molecule has 0 aliphatic heterocycles. The Balaban J connectivity index is 1.61. The largest absolute Gasteiger partial charge is 0.469 e. The lowest BCUT2D eigenvalue weighted by molar-refractivity contribution is -0.175. The van der Waals surface area contributed by atoms with E-state index in [0.717, 1.165) is 51.4 Å². The zero-order chi connectivity index (χ0) is 26.5. The van der Waals surface area contributed by atoms with E-state index in [1.807, 2.05) is 0 Å². The predicted molar refractivity (Wildman–Crippen MR) is 141 cm³/mol. The van der Waals surface area contributed by atoms with Crippen LogP contribution >= 0.6 is 0 Å². The average molecular weight is 497 g/mol. The van der Waals surface area contributed by atoms with Crippen LogP contribution in [0.25, 0.3) is 0 Å². The Morgan fingerprint density at radius 1 is 0.972 bits per heavy atom. The van der Waals surface area contributed by atoms with Gasteiger partial charge in [0, 0.05) is 17.8 Å². The smallest absolute Gasteiger partial charge is 0.308 e. The number of hydrogen-bond acceptors (Lipinski definition) is 4. The maximum absolute atomic E-state index is 14.3. The van der Waals surface area contributed by atoms with Gasteiger partial charge >= 0.3 is 5.97 Å². The highest BCUT2D eigenvalue weighted by atomic mass is 16.5. The average Bonchev–Trinajstić information content (AvgIpc) is 2.81. The van der Waals surface area contributed by atoms with Gasteiger partial charge in [0.1, 0.15) is 5.78 Å². The number of rotatable bonds is 2. The van der Waals surface area contributed by atoms with Gasteiger partial charge in [-0.05, 0) is 96.9 Å². The van der Waals surface area contributed by atoms with Gasteiger partial charge < -0.3 is 4.74 Å². The summed E-state index contributed by atoms with van der Waals surface area (Å²) in [5, 5.41) is 0. The molecule has 0 aromatic carbocycles. The molecule has 4 heteroatoms. The van der Waals surface area contributed by atoms with Crippen LogP contribution in [0.3, 0.4) is 0 Å². The molecule has 0 bridgehead atoms. The van der Waals surface area contributed by atoms with Crippen molar-refractivity contribution < 1.29 is 19.1 Å². The fourth-order valence-electron chi connectivity index (χ4n) is 10.8. The Labute approximate surface area is 218 Å². The molecule has 0 saturated heterocycles. The molecule has 0 N–H and O–H groups in total. The van der Waals surface area contributed by atoms with E-state index in [2.05, 4.69) is 54.5 Å². The van der Waals surface area contributed by atoms with Crippen molar-refractivity contribution in [2.45, 2.75) is 106 Å². The van der Waals surface area contributed by atoms with Gasteiger partial charge in [-0.25, -0.2) is 0 Å². The minimum atomic E-state index is -0.297. The van der Waals surface area contributed by atoms with E-state index in [4.69, 9.17) is 4.74 Å². The van der Waals surface area contributed by atoms with E-state index in [-0.39, 0.29) is 62.5 Å². The number of carbonyl (C=O) groups excluding carboxylic acids is 3. The molecule has 4 saturated carbocycles. The molecule has 4 fully saturated rings. The molecule has 0 radical (unpaired) electrons. The second-order valence-electron chi connectivity index (χ2n) is 15.0. The second kappa shape index (κ2) is 8.03. The van der Waals surface area contributed by atoms with Crippen molar-refractivity contribution in [1.82, 2.24) is 0 Å². The quantitative estimate of drug-likeness (QED) is 0.388. The Bertz CT molecular complexity index is 1020. The SMILES string of the molecule is CC[C@]1(C)C(=O)CC[C@]2(C)C3=CC(=O)[C@@H]4[C@@H]5CC(C)(C)C[C@@H](C(=O)OC)C5CC[C@@]4(C)[C@]3(C)CC[C@@H]12. The highest BCUT2D eigenvalue weighted by molar-refractivity contribution is 5.96. The molecule has 5 aliphatic carbocycles. The summed E-state index contributed by atoms with van der Waals surface area (Å²) >= 11 is 0. The van der Waals surface area contributed by atoms with Crippen LogP contribution in [0, 0.1) is 56.7 Å². The zero-order valence-corrected chi connectivity index (χ0v) is 24.0. The minimum absolute atomic E-state index is 0.0137. The van der Waals surface area contributed by atoms with Crippen molar-refractivity contribution in [3.05, 3.63) is 11.6 Å². The van der Waals surface area contributed by atoms with Crippen molar-refractivity contribution >= 4 is 17.5 Å². The molecule has 0 aromatic heterocycles. The van der Waals surface area contributed by atoms with Gasteiger partial charge in [0.25, 0.3) is 0 Å². The van der Waals surface area contributed by atoms with Gasteiger partial charge in [0.15, 0.2) is 5.78 Å². The maximum Gasteiger partial charge on any atom is 0.308 e. The standard InChI is InChI=1S/C32H48O4/c1-9-29(4)23-11-15-31(6)24(30(23,5)13-12-25(29)34)16-22(33)26-20-17-28(2,3)18-21(27(35)36-8)19(20)10-14-32(26,31)7/h16,19-21,23,26H,9-15,17-18H2,1-8H3/t19?,20-,21-,23+,26+,29+,30+,31-,32-/m1/s1. The number of methoxy groups -OCH3 is 1. The number of hydrogen-bond donors (Lipinski definition) is 0. The van der Waals surface area contributed by atoms with Crippen LogP contribution < -0.4 is 0 Å². The van der Waals surface area contributed by atoms with E-state index in [0.29, 0.717) is 18.1 Å². The van der Waals surface area contributed by atoms with Gasteiger partial charge in [0.2, 0.25) is 0 Å². The first-order valence-electron chi connectivity index (χ1n) is 14.6. The van der Waals surface area contributed by atoms with E-state index >= 15 is 0 Å². The fourth-order valence-corrected chi connectivity index (χ4v) is 10.8. The number of carbonyl (C=O) groups is 3. The Kier molecular flexibility index (Phi) is 5.83. The van der Waals surface area contributed by atoms with Gasteiger partial charge in [-0.15, -0.1) is 0 Å². The summed E-state index contributed by atoms with van der Waals surface area (Å²) < 4.78 is 5.27. The van der Waals surface area contributed by atoms with Crippen LogP contribution in [0.1, 0.15) is 106 Å². The molecule has 5 aliphatic rings. The van der Waals surface area contributed by atoms with Gasteiger partial charge in [-0.2, -0.15) is 0 Å². The molecule has 9 atom stereocenters. The molecule has 4 nitrogen and oxygen atoms in total. The van der Waals surface area contributed by atoms with Gasteiger partial charge in [0.05, 0.1) is 13.0 Å². The van der Waals surface area contributed by atoms with Crippen LogP contribution in [0.15, 0.2) is 11.6 Å². The molecule has 0 aromatic rings. The Morgan fingerprint density at radius 2 is 1.67 bits per heavy atom. The third kappa shape index (κ3) is 3.20. The molecular formula is C32H48O4. The van der Waals surface area contributed by atoms with Crippen LogP contribution in [-0.4, -0.2) is 24.6 Å². The lowest BCUT2D eigenvalue weighted by Crippen LogP contribution is -2.64. The Morgan fingerprint density at radius 3 is 2.31 bits per heavy atom. The highest BCUT2D eigenvalue weighted by Gasteiger charge is 2.69. The second-order valence-corrected chi connectivity index (χ2v) is 15.0. The number of ketones is 2. The first-order valence-corrected chi connectivity index (χ1v) is 14.6. The molecule has 0 heterocycles. The number of Topliss-reactive ketones (excluding diaryl/α,β-unsaturated/α-hetero) is 1. The normalized spacial score (nSPS) is 49.7. The number of fused-ring (bicyclic) bond motifs is 7. The lowest BCUT2D eigenvalue weighted by Gasteiger charge is -2.68. The van der Waals surface area contributed by atoms with Crippen molar-refractivity contribution in [3.63, 3.8) is 0 Å². The minimum Gasteiger partial charge on any atom is -0.469 e. The number of allylic oxidation sites excluding steroid dienone is 2. The zero-order valence-electron chi connectivity index (χ0n) is 24.0. The summed E-state index contributed by atoms with van der Waals surface area (Å²) in [6, 6.07) is 0. The third-order valence-electron chi connectivity index (χ3n) is 13.0. The first kappa shape index (κ1) is 26.2. The van der Waals surface area contributed by atoms with Crippen LogP contribution in [0.4, 0.5) is 0 Å². The molecule has 5 rings (SSSR count). The summed E-state index contributed by atoms with van der Waals surface area (Å²) in [5.41, 5.74) is 0.780. The van der Waals surface area contributed by atoms with E-state index < -0.39 is 0 Å². The van der Waals surface area contributed by atoms with E-state index in [9.17, 15) is 14.4 Å².